The number of aromatic hydroxyl groups is 1. The summed E-state index contributed by atoms with van der Waals surface area (Å²) in [5, 5.41) is 15.2. The second-order valence-corrected chi connectivity index (χ2v) is 6.61. The van der Waals surface area contributed by atoms with Gasteiger partial charge in [-0.1, -0.05) is 36.4 Å². The summed E-state index contributed by atoms with van der Waals surface area (Å²) in [4.78, 5) is 19.2. The number of carbonyl (C=O) groups is 1. The molecule has 0 radical (unpaired) electrons. The van der Waals surface area contributed by atoms with Gasteiger partial charge < -0.3 is 15.3 Å². The van der Waals surface area contributed by atoms with Gasteiger partial charge >= 0.3 is 0 Å². The smallest absolute Gasteiger partial charge is 0.255 e. The van der Waals surface area contributed by atoms with Gasteiger partial charge in [-0.25, -0.2) is 4.98 Å². The lowest BCUT2D eigenvalue weighted by Gasteiger charge is -2.33. The standard InChI is InChI=1S/C21H21N3O2/c25-20-17-6-2-1-5-15(17)8-9-18(20)21(26)23-16-10-13-24(14-11-16)19-7-3-4-12-22-19/h1-9,12,16,25H,10-11,13-14H2,(H,23,26). The maximum absolute atomic E-state index is 12.6. The molecule has 1 saturated heterocycles. The molecule has 2 N–H and O–H groups in total. The molecule has 0 bridgehead atoms. The molecule has 0 unspecified atom stereocenters. The molecular weight excluding hydrogens is 326 g/mol. The Morgan fingerprint density at radius 1 is 1.04 bits per heavy atom. The molecule has 1 aliphatic heterocycles. The van der Waals surface area contributed by atoms with Crippen LogP contribution in [0.25, 0.3) is 10.8 Å². The first kappa shape index (κ1) is 16.4. The average Bonchev–Trinajstić information content (AvgIpc) is 2.69. The number of nitrogens with zero attached hydrogens (tertiary/aromatic N) is 2. The second-order valence-electron chi connectivity index (χ2n) is 6.61. The van der Waals surface area contributed by atoms with Crippen molar-refractivity contribution < 1.29 is 9.90 Å². The Labute approximate surface area is 152 Å². The topological polar surface area (TPSA) is 65.5 Å². The van der Waals surface area contributed by atoms with Gasteiger partial charge in [0.25, 0.3) is 5.91 Å². The maximum atomic E-state index is 12.6. The summed E-state index contributed by atoms with van der Waals surface area (Å²) in [6.07, 6.45) is 3.51. The first-order valence-electron chi connectivity index (χ1n) is 8.90. The molecule has 2 aromatic carbocycles. The Balaban J connectivity index is 1.42. The lowest BCUT2D eigenvalue weighted by atomic mass is 10.0. The van der Waals surface area contributed by atoms with Crippen LogP contribution < -0.4 is 10.2 Å². The summed E-state index contributed by atoms with van der Waals surface area (Å²) in [5.74, 6) is 0.806. The second kappa shape index (κ2) is 7.04. The molecule has 0 saturated carbocycles. The zero-order valence-corrected chi connectivity index (χ0v) is 14.4. The van der Waals surface area contributed by atoms with Crippen molar-refractivity contribution in [2.24, 2.45) is 0 Å². The van der Waals surface area contributed by atoms with Gasteiger partial charge in [0.15, 0.2) is 0 Å². The molecule has 1 aliphatic rings. The van der Waals surface area contributed by atoms with Crippen molar-refractivity contribution in [1.82, 2.24) is 10.3 Å². The van der Waals surface area contributed by atoms with Gasteiger partial charge in [0.2, 0.25) is 0 Å². The van der Waals surface area contributed by atoms with Crippen molar-refractivity contribution in [3.8, 4) is 5.75 Å². The predicted molar refractivity (Wildman–Crippen MR) is 103 cm³/mol. The van der Waals surface area contributed by atoms with E-state index in [1.807, 2.05) is 48.5 Å². The normalized spacial score (nSPS) is 15.2. The lowest BCUT2D eigenvalue weighted by molar-refractivity contribution is 0.0928. The van der Waals surface area contributed by atoms with Gasteiger partial charge in [-0.05, 0) is 36.4 Å². The number of fused-ring (bicyclic) bond motifs is 1. The molecule has 2 heterocycles. The van der Waals surface area contributed by atoms with Gasteiger partial charge in [-0.15, -0.1) is 0 Å². The molecule has 3 aromatic rings. The molecule has 132 valence electrons. The molecule has 0 spiro atoms. The number of nitrogens with one attached hydrogen (secondary N) is 1. The van der Waals surface area contributed by atoms with Crippen LogP contribution in [0, 0.1) is 0 Å². The van der Waals surface area contributed by atoms with Crippen LogP contribution in [0.1, 0.15) is 23.2 Å². The van der Waals surface area contributed by atoms with Crippen molar-refractivity contribution in [1.29, 1.82) is 0 Å². The van der Waals surface area contributed by atoms with Gasteiger partial charge in [0, 0.05) is 30.7 Å². The quantitative estimate of drug-likeness (QED) is 0.763. The molecule has 26 heavy (non-hydrogen) atoms. The van der Waals surface area contributed by atoms with E-state index in [2.05, 4.69) is 15.2 Å². The number of rotatable bonds is 3. The Bertz CT molecular complexity index is 919. The van der Waals surface area contributed by atoms with Crippen LogP contribution in [0.4, 0.5) is 5.82 Å². The number of pyridine rings is 1. The Morgan fingerprint density at radius 2 is 1.81 bits per heavy atom. The van der Waals surface area contributed by atoms with Crippen LogP contribution in [-0.4, -0.2) is 35.1 Å². The number of aromatic nitrogens is 1. The van der Waals surface area contributed by atoms with Crippen molar-refractivity contribution in [3.63, 3.8) is 0 Å². The van der Waals surface area contributed by atoms with Gasteiger partial charge in [-0.3, -0.25) is 4.79 Å². The molecule has 1 aromatic heterocycles. The minimum atomic E-state index is -0.218. The number of phenols is 1. The molecule has 1 fully saturated rings. The third kappa shape index (κ3) is 3.20. The minimum Gasteiger partial charge on any atom is -0.506 e. The maximum Gasteiger partial charge on any atom is 0.255 e. The number of carbonyl (C=O) groups excluding carboxylic acids is 1. The van der Waals surface area contributed by atoms with E-state index in [-0.39, 0.29) is 17.7 Å². The molecule has 0 atom stereocenters. The van der Waals surface area contributed by atoms with Crippen LogP contribution in [0.3, 0.4) is 0 Å². The summed E-state index contributed by atoms with van der Waals surface area (Å²) in [6.45, 7) is 1.71. The molecule has 5 heteroatoms. The fraction of sp³-hybridized carbons (Fsp3) is 0.238. The van der Waals surface area contributed by atoms with Crippen LogP contribution in [0.2, 0.25) is 0 Å². The van der Waals surface area contributed by atoms with Crippen LogP contribution in [-0.2, 0) is 0 Å². The minimum absolute atomic E-state index is 0.0477. The fourth-order valence-electron chi connectivity index (χ4n) is 3.50. The number of anilines is 1. The average molecular weight is 347 g/mol. The number of hydrogen-bond acceptors (Lipinski definition) is 4. The van der Waals surface area contributed by atoms with Crippen LogP contribution in [0.15, 0.2) is 60.8 Å². The third-order valence-electron chi connectivity index (χ3n) is 4.95. The number of amides is 1. The van der Waals surface area contributed by atoms with E-state index in [9.17, 15) is 9.90 Å². The molecule has 5 nitrogen and oxygen atoms in total. The van der Waals surface area contributed by atoms with Crippen molar-refractivity contribution >= 4 is 22.5 Å². The van der Waals surface area contributed by atoms with E-state index in [1.54, 1.807) is 12.3 Å². The van der Waals surface area contributed by atoms with E-state index in [1.165, 1.54) is 0 Å². The van der Waals surface area contributed by atoms with Crippen LogP contribution >= 0.6 is 0 Å². The van der Waals surface area contributed by atoms with E-state index in [0.29, 0.717) is 10.9 Å². The van der Waals surface area contributed by atoms with Crippen LogP contribution in [0.5, 0.6) is 5.75 Å². The highest BCUT2D eigenvalue weighted by Gasteiger charge is 2.23. The lowest BCUT2D eigenvalue weighted by Crippen LogP contribution is -2.45. The Hall–Kier alpha value is -3.08. The Morgan fingerprint density at radius 3 is 2.58 bits per heavy atom. The molecule has 1 amide bonds. The van der Waals surface area contributed by atoms with Gasteiger partial charge in [-0.2, -0.15) is 0 Å². The first-order chi connectivity index (χ1) is 12.7. The summed E-state index contributed by atoms with van der Waals surface area (Å²) in [5.41, 5.74) is 0.329. The number of hydrogen-bond donors (Lipinski definition) is 2. The third-order valence-corrected chi connectivity index (χ3v) is 4.95. The molecule has 0 aliphatic carbocycles. The zero-order chi connectivity index (χ0) is 17.9. The first-order valence-corrected chi connectivity index (χ1v) is 8.90. The highest BCUT2D eigenvalue weighted by Crippen LogP contribution is 2.28. The molecule has 4 rings (SSSR count). The fourth-order valence-corrected chi connectivity index (χ4v) is 3.50. The van der Waals surface area contributed by atoms with Crippen molar-refractivity contribution in [2.75, 3.05) is 18.0 Å². The highest BCUT2D eigenvalue weighted by molar-refractivity contribution is 6.03. The van der Waals surface area contributed by atoms with E-state index >= 15 is 0 Å². The number of piperidine rings is 1. The monoisotopic (exact) mass is 347 g/mol. The highest BCUT2D eigenvalue weighted by atomic mass is 16.3. The summed E-state index contributed by atoms with van der Waals surface area (Å²) in [6, 6.07) is 17.1. The molecular formula is C21H21N3O2. The number of benzene rings is 2. The predicted octanol–water partition coefficient (Wildman–Crippen LogP) is 3.34. The van der Waals surface area contributed by atoms with E-state index in [0.717, 1.165) is 37.1 Å². The summed E-state index contributed by atoms with van der Waals surface area (Å²) >= 11 is 0. The largest absolute Gasteiger partial charge is 0.506 e. The zero-order valence-electron chi connectivity index (χ0n) is 14.4. The SMILES string of the molecule is O=C(NC1CCN(c2ccccn2)CC1)c1ccc2ccccc2c1O. The van der Waals surface area contributed by atoms with Crippen molar-refractivity contribution in [2.45, 2.75) is 18.9 Å². The van der Waals surface area contributed by atoms with Gasteiger partial charge in [0.05, 0.1) is 5.56 Å². The Kier molecular flexibility index (Phi) is 4.44. The van der Waals surface area contributed by atoms with Crippen molar-refractivity contribution in [3.05, 3.63) is 66.4 Å². The summed E-state index contributed by atoms with van der Waals surface area (Å²) < 4.78 is 0. The number of phenolic OH excluding ortho intramolecular Hbond substituents is 1. The van der Waals surface area contributed by atoms with Gasteiger partial charge in [0.1, 0.15) is 11.6 Å². The van der Waals surface area contributed by atoms with E-state index in [4.69, 9.17) is 0 Å². The van der Waals surface area contributed by atoms with E-state index < -0.39 is 0 Å². The summed E-state index contributed by atoms with van der Waals surface area (Å²) in [7, 11) is 0.